The van der Waals surface area contributed by atoms with Crippen LogP contribution in [0.25, 0.3) is 0 Å². The second-order valence-electron chi connectivity index (χ2n) is 4.09. The van der Waals surface area contributed by atoms with Crippen molar-refractivity contribution in [2.45, 2.75) is 13.0 Å². The maximum absolute atomic E-state index is 13.6. The lowest BCUT2D eigenvalue weighted by Crippen LogP contribution is -2.28. The number of rotatable bonds is 3. The SMILES string of the molecule is CC(NC(=O)c1cnc(Cl)cn1)c1cc(F)ccc1F. The third-order valence-corrected chi connectivity index (χ3v) is 2.82. The summed E-state index contributed by atoms with van der Waals surface area (Å²) in [4.78, 5) is 19.4. The van der Waals surface area contributed by atoms with Crippen LogP contribution in [-0.2, 0) is 0 Å². The van der Waals surface area contributed by atoms with Gasteiger partial charge < -0.3 is 5.32 Å². The minimum Gasteiger partial charge on any atom is -0.344 e. The zero-order valence-corrected chi connectivity index (χ0v) is 11.2. The smallest absolute Gasteiger partial charge is 0.271 e. The lowest BCUT2D eigenvalue weighted by Gasteiger charge is -2.14. The Morgan fingerprint density at radius 1 is 1.30 bits per heavy atom. The van der Waals surface area contributed by atoms with Gasteiger partial charge in [-0.1, -0.05) is 11.6 Å². The van der Waals surface area contributed by atoms with Gasteiger partial charge in [-0.3, -0.25) is 4.79 Å². The van der Waals surface area contributed by atoms with E-state index in [2.05, 4.69) is 15.3 Å². The zero-order chi connectivity index (χ0) is 14.7. The lowest BCUT2D eigenvalue weighted by molar-refractivity contribution is 0.0934. The Labute approximate surface area is 118 Å². The summed E-state index contributed by atoms with van der Waals surface area (Å²) >= 11 is 5.56. The Bertz CT molecular complexity index is 634. The second-order valence-corrected chi connectivity index (χ2v) is 4.47. The van der Waals surface area contributed by atoms with Crippen molar-refractivity contribution in [3.63, 3.8) is 0 Å². The van der Waals surface area contributed by atoms with E-state index in [9.17, 15) is 13.6 Å². The predicted molar refractivity (Wildman–Crippen MR) is 69.3 cm³/mol. The average Bonchev–Trinajstić information content (AvgIpc) is 2.42. The van der Waals surface area contributed by atoms with E-state index in [4.69, 9.17) is 11.6 Å². The average molecular weight is 298 g/mol. The Balaban J connectivity index is 2.15. The van der Waals surface area contributed by atoms with Crippen molar-refractivity contribution in [1.29, 1.82) is 0 Å². The van der Waals surface area contributed by atoms with Crippen LogP contribution in [0, 0.1) is 11.6 Å². The van der Waals surface area contributed by atoms with Crippen LogP contribution in [0.1, 0.15) is 29.0 Å². The molecule has 0 saturated carbocycles. The topological polar surface area (TPSA) is 54.9 Å². The van der Waals surface area contributed by atoms with Gasteiger partial charge in [-0.2, -0.15) is 0 Å². The Morgan fingerprint density at radius 3 is 2.70 bits per heavy atom. The van der Waals surface area contributed by atoms with E-state index >= 15 is 0 Å². The highest BCUT2D eigenvalue weighted by Crippen LogP contribution is 2.18. The van der Waals surface area contributed by atoms with E-state index in [0.29, 0.717) is 0 Å². The summed E-state index contributed by atoms with van der Waals surface area (Å²) in [7, 11) is 0. The van der Waals surface area contributed by atoms with Crippen LogP contribution in [0.2, 0.25) is 5.15 Å². The van der Waals surface area contributed by atoms with Crippen molar-refractivity contribution in [2.24, 2.45) is 0 Å². The number of carbonyl (C=O) groups is 1. The fourth-order valence-corrected chi connectivity index (χ4v) is 1.72. The van der Waals surface area contributed by atoms with E-state index in [1.54, 1.807) is 6.92 Å². The monoisotopic (exact) mass is 297 g/mol. The highest BCUT2D eigenvalue weighted by atomic mass is 35.5. The fraction of sp³-hybridized carbons (Fsp3) is 0.154. The van der Waals surface area contributed by atoms with Gasteiger partial charge in [-0.05, 0) is 25.1 Å². The molecule has 2 aromatic rings. The molecule has 1 atom stereocenters. The number of nitrogens with one attached hydrogen (secondary N) is 1. The fourth-order valence-electron chi connectivity index (χ4n) is 1.62. The molecule has 1 N–H and O–H groups in total. The van der Waals surface area contributed by atoms with Crippen LogP contribution in [0.15, 0.2) is 30.6 Å². The molecule has 2 rings (SSSR count). The normalized spacial score (nSPS) is 12.0. The molecule has 0 aliphatic rings. The van der Waals surface area contributed by atoms with Crippen LogP contribution in [0.3, 0.4) is 0 Å². The molecule has 7 heteroatoms. The van der Waals surface area contributed by atoms with E-state index in [-0.39, 0.29) is 16.4 Å². The molecule has 1 unspecified atom stereocenters. The number of carbonyl (C=O) groups excluding carboxylic acids is 1. The standard InChI is InChI=1S/C13H10ClF2N3O/c1-7(9-4-8(15)2-3-10(9)16)19-13(20)11-5-18-12(14)6-17-11/h2-7H,1H3,(H,19,20). The van der Waals surface area contributed by atoms with Crippen molar-refractivity contribution in [2.75, 3.05) is 0 Å². The third-order valence-electron chi connectivity index (χ3n) is 2.63. The lowest BCUT2D eigenvalue weighted by atomic mass is 10.1. The van der Waals surface area contributed by atoms with Crippen LogP contribution in [0.5, 0.6) is 0 Å². The van der Waals surface area contributed by atoms with Gasteiger partial charge in [-0.25, -0.2) is 18.7 Å². The van der Waals surface area contributed by atoms with Gasteiger partial charge in [0.05, 0.1) is 18.4 Å². The van der Waals surface area contributed by atoms with E-state index < -0.39 is 23.6 Å². The highest BCUT2D eigenvalue weighted by Gasteiger charge is 2.16. The second kappa shape index (κ2) is 5.92. The zero-order valence-electron chi connectivity index (χ0n) is 10.4. The molecule has 20 heavy (non-hydrogen) atoms. The van der Waals surface area contributed by atoms with Gasteiger partial charge in [0, 0.05) is 5.56 Å². The molecule has 0 spiro atoms. The summed E-state index contributed by atoms with van der Waals surface area (Å²) in [6, 6.07) is 2.34. The Hall–Kier alpha value is -2.08. The largest absolute Gasteiger partial charge is 0.344 e. The molecule has 0 bridgehead atoms. The molecular formula is C13H10ClF2N3O. The third kappa shape index (κ3) is 3.27. The molecule has 1 amide bonds. The number of nitrogens with zero attached hydrogens (tertiary/aromatic N) is 2. The minimum atomic E-state index is -0.712. The number of hydrogen-bond donors (Lipinski definition) is 1. The first kappa shape index (κ1) is 14.3. The highest BCUT2D eigenvalue weighted by molar-refractivity contribution is 6.29. The van der Waals surface area contributed by atoms with Crippen molar-refractivity contribution < 1.29 is 13.6 Å². The summed E-state index contributed by atoms with van der Waals surface area (Å²) in [5, 5.41) is 2.67. The molecule has 0 fully saturated rings. The van der Waals surface area contributed by atoms with Crippen molar-refractivity contribution in [3.8, 4) is 0 Å². The maximum Gasteiger partial charge on any atom is 0.271 e. The predicted octanol–water partition coefficient (Wildman–Crippen LogP) is 2.90. The number of hydrogen-bond acceptors (Lipinski definition) is 3. The van der Waals surface area contributed by atoms with Gasteiger partial charge in [0.1, 0.15) is 22.5 Å². The number of benzene rings is 1. The van der Waals surface area contributed by atoms with Crippen LogP contribution < -0.4 is 5.32 Å². The first-order valence-electron chi connectivity index (χ1n) is 5.70. The quantitative estimate of drug-likeness (QED) is 0.948. The molecular weight excluding hydrogens is 288 g/mol. The van der Waals surface area contributed by atoms with Gasteiger partial charge in [0.2, 0.25) is 0 Å². The minimum absolute atomic E-state index is 0.0399. The summed E-state index contributed by atoms with van der Waals surface area (Å²) in [6.45, 7) is 1.54. The summed E-state index contributed by atoms with van der Waals surface area (Å²) < 4.78 is 26.7. The Kier molecular flexibility index (Phi) is 4.24. The van der Waals surface area contributed by atoms with Crippen molar-refractivity contribution in [3.05, 3.63) is 58.6 Å². The summed E-state index contributed by atoms with van der Waals surface area (Å²) in [6.07, 6.45) is 2.43. The van der Waals surface area contributed by atoms with Gasteiger partial charge in [0.25, 0.3) is 5.91 Å². The van der Waals surface area contributed by atoms with Crippen LogP contribution >= 0.6 is 11.6 Å². The number of aromatic nitrogens is 2. The first-order chi connectivity index (χ1) is 9.47. The Morgan fingerprint density at radius 2 is 2.05 bits per heavy atom. The number of amides is 1. The van der Waals surface area contributed by atoms with Crippen LogP contribution in [0.4, 0.5) is 8.78 Å². The molecule has 4 nitrogen and oxygen atoms in total. The van der Waals surface area contributed by atoms with Gasteiger partial charge in [0.15, 0.2) is 0 Å². The van der Waals surface area contributed by atoms with Gasteiger partial charge in [-0.15, -0.1) is 0 Å². The molecule has 0 saturated heterocycles. The first-order valence-corrected chi connectivity index (χ1v) is 6.08. The summed E-state index contributed by atoms with van der Waals surface area (Å²) in [5.74, 6) is -1.72. The molecule has 0 aliphatic carbocycles. The van der Waals surface area contributed by atoms with E-state index in [1.165, 1.54) is 12.4 Å². The van der Waals surface area contributed by atoms with Crippen molar-refractivity contribution >= 4 is 17.5 Å². The molecule has 0 aliphatic heterocycles. The molecule has 1 aromatic carbocycles. The van der Waals surface area contributed by atoms with Crippen molar-refractivity contribution in [1.82, 2.24) is 15.3 Å². The molecule has 1 aromatic heterocycles. The molecule has 0 radical (unpaired) electrons. The number of halogens is 3. The molecule has 104 valence electrons. The van der Waals surface area contributed by atoms with Crippen LogP contribution in [-0.4, -0.2) is 15.9 Å². The summed E-state index contributed by atoms with van der Waals surface area (Å²) in [5.41, 5.74) is 0.0957. The van der Waals surface area contributed by atoms with E-state index in [1.807, 2.05) is 0 Å². The molecule has 1 heterocycles. The van der Waals surface area contributed by atoms with Gasteiger partial charge >= 0.3 is 0 Å². The maximum atomic E-state index is 13.6. The van der Waals surface area contributed by atoms with E-state index in [0.717, 1.165) is 18.2 Å².